The molecule has 12 heteroatoms. The number of phenolic OH excluding ortho intramolecular Hbond substituents is 5. The van der Waals surface area contributed by atoms with Crippen LogP contribution in [0.15, 0.2) is 18.2 Å². The largest absolute Gasteiger partial charge is 0.504 e. The molecule has 34 heavy (non-hydrogen) atoms. The molecule has 2 aliphatic rings. The van der Waals surface area contributed by atoms with Gasteiger partial charge in [0.25, 0.3) is 0 Å². The number of hydrogen-bond donors (Lipinski definition) is 7. The highest BCUT2D eigenvalue weighted by atomic mass is 16.6. The topological polar surface area (TPSA) is 203 Å². The second-order valence-electron chi connectivity index (χ2n) is 8.12. The van der Waals surface area contributed by atoms with E-state index in [0.717, 1.165) is 18.2 Å². The van der Waals surface area contributed by atoms with Crippen molar-refractivity contribution in [2.24, 2.45) is 5.92 Å². The smallest absolute Gasteiger partial charge is 0.339 e. The van der Waals surface area contributed by atoms with Crippen molar-refractivity contribution in [3.8, 4) is 34.5 Å². The third-order valence-corrected chi connectivity index (χ3v) is 6.21. The van der Waals surface area contributed by atoms with Crippen LogP contribution in [0.25, 0.3) is 0 Å². The molecule has 1 aliphatic carbocycles. The van der Waals surface area contributed by atoms with Gasteiger partial charge in [0.2, 0.25) is 11.5 Å². The summed E-state index contributed by atoms with van der Waals surface area (Å²) >= 11 is 0. The number of phenols is 5. The predicted molar refractivity (Wildman–Crippen MR) is 110 cm³/mol. The number of carbonyl (C=O) groups is 2. The van der Waals surface area contributed by atoms with Gasteiger partial charge in [-0.2, -0.15) is 0 Å². The summed E-state index contributed by atoms with van der Waals surface area (Å²) in [4.78, 5) is 25.5. The number of aliphatic hydroxyl groups excluding tert-OH is 2. The zero-order valence-electron chi connectivity index (χ0n) is 17.7. The monoisotopic (exact) mass is 478 g/mol. The van der Waals surface area contributed by atoms with E-state index in [-0.39, 0.29) is 28.9 Å². The number of rotatable bonds is 4. The Hall–Kier alpha value is -3.90. The number of fused-ring (bicyclic) bond motifs is 3. The van der Waals surface area contributed by atoms with Gasteiger partial charge in [-0.15, -0.1) is 0 Å². The molecule has 1 fully saturated rings. The molecule has 1 aliphatic heterocycles. The lowest BCUT2D eigenvalue weighted by molar-refractivity contribution is -0.138. The van der Waals surface area contributed by atoms with E-state index >= 15 is 0 Å². The normalized spacial score (nSPS) is 25.6. The third-order valence-electron chi connectivity index (χ3n) is 6.21. The lowest BCUT2D eigenvalue weighted by Crippen LogP contribution is -2.56. The summed E-state index contributed by atoms with van der Waals surface area (Å²) < 4.78 is 15.7. The van der Waals surface area contributed by atoms with Gasteiger partial charge < -0.3 is 50.0 Å². The van der Waals surface area contributed by atoms with Crippen molar-refractivity contribution in [2.75, 3.05) is 13.7 Å². The second kappa shape index (κ2) is 8.47. The number of carbonyl (C=O) groups excluding carboxylic acids is 2. The number of ether oxygens (including phenoxy) is 3. The van der Waals surface area contributed by atoms with Gasteiger partial charge in [-0.1, -0.05) is 0 Å². The van der Waals surface area contributed by atoms with E-state index in [1.807, 2.05) is 0 Å². The predicted octanol–water partition coefficient (Wildman–Crippen LogP) is 0.444. The fourth-order valence-electron chi connectivity index (χ4n) is 4.49. The molecule has 1 heterocycles. The van der Waals surface area contributed by atoms with Gasteiger partial charge in [-0.25, -0.2) is 9.59 Å². The molecule has 0 amide bonds. The van der Waals surface area contributed by atoms with E-state index in [1.54, 1.807) is 0 Å². The standard InChI is InChI=1S/C22H22O12/c1-32-13-4-7(3-11(24)16(13)27)21(30)34-20-15(26)8(6-23)2-9-14-10(22(31)33-19(9)20)5-12(25)17(28)18(14)29/h3-5,8-9,15,19-20,23-29H,2,6H2,1H3/t8-,9+,15-,19+,20+/m0/s1. The average Bonchev–Trinajstić information content (AvgIpc) is 2.81. The summed E-state index contributed by atoms with van der Waals surface area (Å²) in [6.07, 6.45) is -4.32. The van der Waals surface area contributed by atoms with Crippen LogP contribution in [-0.4, -0.2) is 79.7 Å². The first kappa shape index (κ1) is 23.3. The molecule has 2 aromatic rings. The van der Waals surface area contributed by atoms with Crippen molar-refractivity contribution in [1.82, 2.24) is 0 Å². The lowest BCUT2D eigenvalue weighted by Gasteiger charge is -2.45. The maximum Gasteiger partial charge on any atom is 0.339 e. The molecule has 4 rings (SSSR count). The van der Waals surface area contributed by atoms with Crippen molar-refractivity contribution >= 4 is 11.9 Å². The van der Waals surface area contributed by atoms with Crippen molar-refractivity contribution in [3.63, 3.8) is 0 Å². The fraction of sp³-hybridized carbons (Fsp3) is 0.364. The zero-order valence-corrected chi connectivity index (χ0v) is 17.7. The van der Waals surface area contributed by atoms with Gasteiger partial charge in [0.05, 0.1) is 24.3 Å². The number of esters is 2. The van der Waals surface area contributed by atoms with E-state index in [0.29, 0.717) is 0 Å². The average molecular weight is 478 g/mol. The number of aliphatic hydroxyl groups is 2. The molecule has 182 valence electrons. The molecule has 12 nitrogen and oxygen atoms in total. The highest BCUT2D eigenvalue weighted by Gasteiger charge is 2.53. The first-order valence-corrected chi connectivity index (χ1v) is 10.2. The number of aromatic hydroxyl groups is 5. The molecular formula is C22H22O12. The van der Waals surface area contributed by atoms with Crippen LogP contribution in [0.2, 0.25) is 0 Å². The number of benzene rings is 2. The van der Waals surface area contributed by atoms with Crippen LogP contribution in [0.3, 0.4) is 0 Å². The van der Waals surface area contributed by atoms with Crippen LogP contribution in [0.1, 0.15) is 38.6 Å². The minimum absolute atomic E-state index is 0.0116. The van der Waals surface area contributed by atoms with Crippen molar-refractivity contribution < 1.29 is 59.5 Å². The fourth-order valence-corrected chi connectivity index (χ4v) is 4.49. The van der Waals surface area contributed by atoms with Crippen LogP contribution >= 0.6 is 0 Å². The van der Waals surface area contributed by atoms with Crippen LogP contribution in [0.4, 0.5) is 0 Å². The van der Waals surface area contributed by atoms with Gasteiger partial charge in [0.15, 0.2) is 29.1 Å². The van der Waals surface area contributed by atoms with E-state index in [2.05, 4.69) is 0 Å². The van der Waals surface area contributed by atoms with Crippen LogP contribution in [0, 0.1) is 5.92 Å². The van der Waals surface area contributed by atoms with E-state index in [4.69, 9.17) is 14.2 Å². The summed E-state index contributed by atoms with van der Waals surface area (Å²) in [6, 6.07) is 2.92. The van der Waals surface area contributed by atoms with Crippen molar-refractivity contribution in [1.29, 1.82) is 0 Å². The van der Waals surface area contributed by atoms with E-state index < -0.39 is 77.4 Å². The Bertz CT molecular complexity index is 1160. The van der Waals surface area contributed by atoms with Gasteiger partial charge in [0, 0.05) is 24.0 Å². The van der Waals surface area contributed by atoms with Crippen LogP contribution in [-0.2, 0) is 9.47 Å². The summed E-state index contributed by atoms with van der Waals surface area (Å²) in [5.74, 6) is -7.73. The summed E-state index contributed by atoms with van der Waals surface area (Å²) in [5, 5.41) is 70.4. The SMILES string of the molecule is COc1cc(C(=O)O[C@@H]2[C@@H](O)[C@H](CO)C[C@@H]3c4c(cc(O)c(O)c4O)C(=O)O[C@@H]23)cc(O)c1O. The van der Waals surface area contributed by atoms with Crippen LogP contribution < -0.4 is 4.74 Å². The van der Waals surface area contributed by atoms with Crippen molar-refractivity contribution in [3.05, 3.63) is 34.9 Å². The minimum atomic E-state index is -1.52. The molecule has 0 spiro atoms. The molecule has 5 atom stereocenters. The lowest BCUT2D eigenvalue weighted by atomic mass is 9.70. The number of methoxy groups -OCH3 is 1. The molecule has 0 unspecified atom stereocenters. The Labute approximate surface area is 191 Å². The Balaban J connectivity index is 1.74. The second-order valence-corrected chi connectivity index (χ2v) is 8.12. The molecular weight excluding hydrogens is 456 g/mol. The summed E-state index contributed by atoms with van der Waals surface area (Å²) in [5.41, 5.74) is -0.553. The molecule has 1 saturated carbocycles. The highest BCUT2D eigenvalue weighted by molar-refractivity contribution is 5.95. The van der Waals surface area contributed by atoms with E-state index in [1.165, 1.54) is 7.11 Å². The van der Waals surface area contributed by atoms with E-state index in [9.17, 15) is 45.3 Å². The summed E-state index contributed by atoms with van der Waals surface area (Å²) in [7, 11) is 1.20. The van der Waals surface area contributed by atoms with Gasteiger partial charge in [0.1, 0.15) is 6.10 Å². The first-order chi connectivity index (χ1) is 16.1. The van der Waals surface area contributed by atoms with Crippen LogP contribution in [0.5, 0.6) is 34.5 Å². The maximum absolute atomic E-state index is 12.8. The Morgan fingerprint density at radius 2 is 1.74 bits per heavy atom. The van der Waals surface area contributed by atoms with Gasteiger partial charge in [-0.3, -0.25) is 0 Å². The molecule has 0 bridgehead atoms. The Morgan fingerprint density at radius 3 is 2.38 bits per heavy atom. The minimum Gasteiger partial charge on any atom is -0.504 e. The molecule has 0 saturated heterocycles. The molecule has 2 aromatic carbocycles. The third kappa shape index (κ3) is 3.56. The summed E-state index contributed by atoms with van der Waals surface area (Å²) in [6.45, 7) is -0.541. The quantitative estimate of drug-likeness (QED) is 0.236. The maximum atomic E-state index is 12.8. The number of hydrogen-bond acceptors (Lipinski definition) is 12. The van der Waals surface area contributed by atoms with Crippen molar-refractivity contribution in [2.45, 2.75) is 30.7 Å². The Kier molecular flexibility index (Phi) is 5.79. The zero-order chi connectivity index (χ0) is 24.9. The Morgan fingerprint density at radius 1 is 1.06 bits per heavy atom. The molecule has 0 radical (unpaired) electrons. The molecule has 0 aromatic heterocycles. The van der Waals surface area contributed by atoms with Gasteiger partial charge >= 0.3 is 11.9 Å². The van der Waals surface area contributed by atoms with Gasteiger partial charge in [-0.05, 0) is 24.6 Å². The molecule has 7 N–H and O–H groups in total. The highest BCUT2D eigenvalue weighted by Crippen LogP contribution is 2.51. The first-order valence-electron chi connectivity index (χ1n) is 10.2.